The largest absolute Gasteiger partial charge is 0.390 e. The molecule has 152 valence electrons. The lowest BCUT2D eigenvalue weighted by atomic mass is 9.75. The molecular weight excluding hydrogens is 304 g/mol. The van der Waals surface area contributed by atoms with Gasteiger partial charge in [-0.05, 0) is 25.2 Å². The van der Waals surface area contributed by atoms with Crippen molar-refractivity contribution in [1.29, 1.82) is 0 Å². The van der Waals surface area contributed by atoms with Gasteiger partial charge >= 0.3 is 0 Å². The highest BCUT2D eigenvalue weighted by Crippen LogP contribution is 2.35. The second kappa shape index (κ2) is 17.4. The normalized spacial score (nSPS) is 15.2. The molecule has 0 aliphatic carbocycles. The van der Waals surface area contributed by atoms with E-state index in [0.29, 0.717) is 5.92 Å². The van der Waals surface area contributed by atoms with Crippen LogP contribution in [-0.4, -0.2) is 10.7 Å². The predicted octanol–water partition coefficient (Wildman–Crippen LogP) is 8.44. The first-order valence-electron chi connectivity index (χ1n) is 11.9. The molecule has 1 nitrogen and oxygen atoms in total. The van der Waals surface area contributed by atoms with Crippen LogP contribution < -0.4 is 0 Å². The van der Waals surface area contributed by atoms with Gasteiger partial charge in [0, 0.05) is 0 Å². The molecule has 0 radical (unpaired) electrons. The lowest BCUT2D eigenvalue weighted by Gasteiger charge is -2.36. The highest BCUT2D eigenvalue weighted by molar-refractivity contribution is 4.86. The highest BCUT2D eigenvalue weighted by atomic mass is 16.3. The number of hydrogen-bond donors (Lipinski definition) is 1. The Labute approximate surface area is 160 Å². The van der Waals surface area contributed by atoms with Crippen LogP contribution in [0.4, 0.5) is 0 Å². The average Bonchev–Trinajstić information content (AvgIpc) is 2.62. The van der Waals surface area contributed by atoms with E-state index in [2.05, 4.69) is 27.7 Å². The van der Waals surface area contributed by atoms with Crippen molar-refractivity contribution in [3.8, 4) is 0 Å². The van der Waals surface area contributed by atoms with Crippen molar-refractivity contribution in [2.45, 2.75) is 149 Å². The molecule has 0 aromatic carbocycles. The van der Waals surface area contributed by atoms with Gasteiger partial charge in [0.1, 0.15) is 0 Å². The fourth-order valence-corrected chi connectivity index (χ4v) is 4.25. The lowest BCUT2D eigenvalue weighted by molar-refractivity contribution is -0.0429. The summed E-state index contributed by atoms with van der Waals surface area (Å²) in [6, 6.07) is 0. The van der Waals surface area contributed by atoms with E-state index in [9.17, 15) is 5.11 Å². The third kappa shape index (κ3) is 12.9. The molecule has 0 aliphatic heterocycles. The Balaban J connectivity index is 4.29. The van der Waals surface area contributed by atoms with Crippen molar-refractivity contribution in [2.24, 2.45) is 5.92 Å². The summed E-state index contributed by atoms with van der Waals surface area (Å²) in [4.78, 5) is 0. The molecule has 0 fully saturated rings. The zero-order valence-electron chi connectivity index (χ0n) is 18.3. The molecule has 2 atom stereocenters. The van der Waals surface area contributed by atoms with Gasteiger partial charge in [-0.1, -0.05) is 124 Å². The predicted molar refractivity (Wildman–Crippen MR) is 114 cm³/mol. The second-order valence-electron chi connectivity index (χ2n) is 8.39. The number of unbranched alkanes of at least 4 members (excludes halogenated alkanes) is 11. The second-order valence-corrected chi connectivity index (χ2v) is 8.39. The van der Waals surface area contributed by atoms with Gasteiger partial charge in [-0.25, -0.2) is 0 Å². The summed E-state index contributed by atoms with van der Waals surface area (Å²) in [6.07, 6.45) is 22.9. The van der Waals surface area contributed by atoms with Gasteiger partial charge in [-0.3, -0.25) is 0 Å². The van der Waals surface area contributed by atoms with Gasteiger partial charge in [0.05, 0.1) is 5.60 Å². The van der Waals surface area contributed by atoms with Gasteiger partial charge in [0.2, 0.25) is 0 Å². The molecule has 1 N–H and O–H groups in total. The fraction of sp³-hybridized carbons (Fsp3) is 1.00. The highest BCUT2D eigenvalue weighted by Gasteiger charge is 2.33. The van der Waals surface area contributed by atoms with Crippen molar-refractivity contribution in [1.82, 2.24) is 0 Å². The number of rotatable bonds is 19. The zero-order chi connectivity index (χ0) is 18.8. The molecule has 0 heterocycles. The van der Waals surface area contributed by atoms with Gasteiger partial charge in [-0.15, -0.1) is 0 Å². The standard InChI is InChI=1S/C24H50O/c1-5-9-12-14-16-18-20-23(8-4)24(25,21-11-7-3)22-19-17-15-13-10-6-2/h23,25H,5-22H2,1-4H3. The Hall–Kier alpha value is -0.0400. The first-order chi connectivity index (χ1) is 12.1. The van der Waals surface area contributed by atoms with Crippen LogP contribution in [0.15, 0.2) is 0 Å². The molecule has 0 spiro atoms. The first-order valence-corrected chi connectivity index (χ1v) is 11.9. The molecule has 0 rings (SSSR count). The van der Waals surface area contributed by atoms with Gasteiger partial charge < -0.3 is 5.11 Å². The smallest absolute Gasteiger partial charge is 0.0675 e. The molecule has 0 amide bonds. The fourth-order valence-electron chi connectivity index (χ4n) is 4.25. The minimum absolute atomic E-state index is 0.390. The van der Waals surface area contributed by atoms with Gasteiger partial charge in [-0.2, -0.15) is 0 Å². The van der Waals surface area contributed by atoms with E-state index in [-0.39, 0.29) is 5.60 Å². The maximum absolute atomic E-state index is 11.4. The van der Waals surface area contributed by atoms with E-state index in [0.717, 1.165) is 19.3 Å². The van der Waals surface area contributed by atoms with Crippen molar-refractivity contribution >= 4 is 0 Å². The molecule has 0 aromatic rings. The van der Waals surface area contributed by atoms with Crippen LogP contribution in [0.3, 0.4) is 0 Å². The summed E-state index contributed by atoms with van der Waals surface area (Å²) in [5, 5.41) is 11.4. The van der Waals surface area contributed by atoms with Crippen molar-refractivity contribution in [3.63, 3.8) is 0 Å². The SMILES string of the molecule is CCCCCCCCC(CC)C(O)(CCCC)CCCCCCCC. The molecule has 0 aromatic heterocycles. The molecular formula is C24H50O. The first kappa shape index (κ1) is 25.0. The third-order valence-electron chi connectivity index (χ3n) is 6.09. The van der Waals surface area contributed by atoms with Gasteiger partial charge in [0.25, 0.3) is 0 Å². The Kier molecular flexibility index (Phi) is 17.3. The van der Waals surface area contributed by atoms with E-state index in [4.69, 9.17) is 0 Å². The Bertz CT molecular complexity index is 263. The summed E-state index contributed by atoms with van der Waals surface area (Å²) in [5.74, 6) is 0.515. The third-order valence-corrected chi connectivity index (χ3v) is 6.09. The quantitative estimate of drug-likeness (QED) is 0.231. The summed E-state index contributed by atoms with van der Waals surface area (Å²) in [5.41, 5.74) is -0.390. The van der Waals surface area contributed by atoms with Crippen LogP contribution in [0.2, 0.25) is 0 Å². The van der Waals surface area contributed by atoms with Crippen molar-refractivity contribution < 1.29 is 5.11 Å². The monoisotopic (exact) mass is 354 g/mol. The van der Waals surface area contributed by atoms with Crippen LogP contribution in [0.5, 0.6) is 0 Å². The van der Waals surface area contributed by atoms with Crippen molar-refractivity contribution in [2.75, 3.05) is 0 Å². The van der Waals surface area contributed by atoms with Crippen LogP contribution in [0.25, 0.3) is 0 Å². The summed E-state index contributed by atoms with van der Waals surface area (Å²) in [6.45, 7) is 9.10. The molecule has 0 saturated carbocycles. The van der Waals surface area contributed by atoms with Crippen LogP contribution in [0.1, 0.15) is 143 Å². The Morgan fingerprint density at radius 3 is 1.52 bits per heavy atom. The minimum Gasteiger partial charge on any atom is -0.390 e. The topological polar surface area (TPSA) is 20.2 Å². The molecule has 0 bridgehead atoms. The Morgan fingerprint density at radius 1 is 0.560 bits per heavy atom. The number of aliphatic hydroxyl groups is 1. The molecule has 0 saturated heterocycles. The van der Waals surface area contributed by atoms with Crippen LogP contribution >= 0.6 is 0 Å². The lowest BCUT2D eigenvalue weighted by Crippen LogP contribution is -2.38. The van der Waals surface area contributed by atoms with Crippen molar-refractivity contribution in [3.05, 3.63) is 0 Å². The Morgan fingerprint density at radius 2 is 1.00 bits per heavy atom. The van der Waals surface area contributed by atoms with E-state index < -0.39 is 0 Å². The maximum atomic E-state index is 11.4. The maximum Gasteiger partial charge on any atom is 0.0675 e. The van der Waals surface area contributed by atoms with Crippen LogP contribution in [-0.2, 0) is 0 Å². The molecule has 25 heavy (non-hydrogen) atoms. The van der Waals surface area contributed by atoms with Crippen LogP contribution in [0, 0.1) is 5.92 Å². The van der Waals surface area contributed by atoms with Gasteiger partial charge in [0.15, 0.2) is 0 Å². The van der Waals surface area contributed by atoms with E-state index in [1.54, 1.807) is 0 Å². The summed E-state index contributed by atoms with van der Waals surface area (Å²) < 4.78 is 0. The number of hydrogen-bond acceptors (Lipinski definition) is 1. The molecule has 1 heteroatoms. The molecule has 0 aliphatic rings. The minimum atomic E-state index is -0.390. The average molecular weight is 355 g/mol. The van der Waals surface area contributed by atoms with E-state index >= 15 is 0 Å². The molecule has 2 unspecified atom stereocenters. The summed E-state index contributed by atoms with van der Waals surface area (Å²) in [7, 11) is 0. The zero-order valence-corrected chi connectivity index (χ0v) is 18.3. The summed E-state index contributed by atoms with van der Waals surface area (Å²) >= 11 is 0. The van der Waals surface area contributed by atoms with E-state index in [1.807, 2.05) is 0 Å². The van der Waals surface area contributed by atoms with E-state index in [1.165, 1.54) is 96.3 Å².